The third-order valence-corrected chi connectivity index (χ3v) is 4.95. The molecule has 9 heteroatoms. The molecule has 7 nitrogen and oxygen atoms in total. The van der Waals surface area contributed by atoms with E-state index in [9.17, 15) is 14.0 Å². The van der Waals surface area contributed by atoms with Crippen LogP contribution in [0.25, 0.3) is 0 Å². The first-order valence-electron chi connectivity index (χ1n) is 9.97. The quantitative estimate of drug-likeness (QED) is 0.652. The average Bonchev–Trinajstić information content (AvgIpc) is 2.69. The maximum atomic E-state index is 13.7. The van der Waals surface area contributed by atoms with Gasteiger partial charge in [0.05, 0.1) is 24.8 Å². The van der Waals surface area contributed by atoms with Crippen LogP contribution in [0.15, 0.2) is 18.2 Å². The number of nitrogens with one attached hydrogen (secondary N) is 1. The highest BCUT2D eigenvalue weighted by molar-refractivity contribution is 6.30. The molecule has 168 valence electrons. The van der Waals surface area contributed by atoms with Gasteiger partial charge >= 0.3 is 12.2 Å². The Bertz CT molecular complexity index is 741. The van der Waals surface area contributed by atoms with E-state index in [0.717, 1.165) is 18.4 Å². The fraction of sp³-hybridized carbons (Fsp3) is 0.619. The molecule has 0 spiro atoms. The molecule has 1 N–H and O–H groups in total. The van der Waals surface area contributed by atoms with E-state index in [-0.39, 0.29) is 30.2 Å². The van der Waals surface area contributed by atoms with Crippen LogP contribution in [-0.4, -0.2) is 56.0 Å². The van der Waals surface area contributed by atoms with Crippen molar-refractivity contribution < 1.29 is 28.2 Å². The van der Waals surface area contributed by atoms with Crippen molar-refractivity contribution in [3.8, 4) is 0 Å². The summed E-state index contributed by atoms with van der Waals surface area (Å²) in [5.41, 5.74) is 0.139. The number of alkyl carbamates (subject to hydrolysis) is 1. The van der Waals surface area contributed by atoms with Gasteiger partial charge in [-0.3, -0.25) is 0 Å². The summed E-state index contributed by atoms with van der Waals surface area (Å²) in [4.78, 5) is 25.4. The van der Waals surface area contributed by atoms with Gasteiger partial charge in [-0.15, -0.1) is 0 Å². The van der Waals surface area contributed by atoms with Crippen molar-refractivity contribution in [3.05, 3.63) is 34.6 Å². The number of ether oxygens (including phenoxy) is 3. The van der Waals surface area contributed by atoms with E-state index in [2.05, 4.69) is 10.1 Å². The standard InChI is InChI=1S/C21H30ClFN2O5/c1-21(2,3)30-20(27)25-10-5-6-15(13-25)18(29-11-9-24-19(26)28-4)14-7-8-17(23)16(22)12-14/h7-8,12,15,18H,5-6,9-11,13H2,1-4H3,(H,24,26). The van der Waals surface area contributed by atoms with Crippen molar-refractivity contribution in [1.82, 2.24) is 10.2 Å². The lowest BCUT2D eigenvalue weighted by molar-refractivity contribution is -0.0245. The lowest BCUT2D eigenvalue weighted by Crippen LogP contribution is -2.44. The second-order valence-electron chi connectivity index (χ2n) is 8.21. The number of nitrogens with zero attached hydrogens (tertiary/aromatic N) is 1. The number of hydrogen-bond donors (Lipinski definition) is 1. The van der Waals surface area contributed by atoms with Crippen LogP contribution in [0.4, 0.5) is 14.0 Å². The van der Waals surface area contributed by atoms with Gasteiger partial charge in [-0.25, -0.2) is 14.0 Å². The molecule has 0 aliphatic carbocycles. The van der Waals surface area contributed by atoms with Crippen LogP contribution in [0.3, 0.4) is 0 Å². The number of carbonyl (C=O) groups is 2. The molecule has 1 aliphatic heterocycles. The number of likely N-dealkylation sites (tertiary alicyclic amines) is 1. The number of rotatable bonds is 6. The van der Waals surface area contributed by atoms with Gasteiger partial charge < -0.3 is 24.4 Å². The van der Waals surface area contributed by atoms with Crippen LogP contribution in [0.5, 0.6) is 0 Å². The Morgan fingerprint density at radius 3 is 2.73 bits per heavy atom. The number of carbonyl (C=O) groups excluding carboxylic acids is 2. The normalized spacial score (nSPS) is 17.9. The average molecular weight is 445 g/mol. The van der Waals surface area contributed by atoms with E-state index in [4.69, 9.17) is 21.1 Å². The molecular formula is C21H30ClFN2O5. The largest absolute Gasteiger partial charge is 0.453 e. The molecule has 2 rings (SSSR count). The van der Waals surface area contributed by atoms with Crippen molar-refractivity contribution in [2.75, 3.05) is 33.4 Å². The van der Waals surface area contributed by atoms with Crippen LogP contribution < -0.4 is 5.32 Å². The molecule has 1 saturated heterocycles. The van der Waals surface area contributed by atoms with Gasteiger partial charge in [0.1, 0.15) is 11.4 Å². The van der Waals surface area contributed by atoms with Crippen molar-refractivity contribution in [1.29, 1.82) is 0 Å². The molecule has 1 aromatic rings. The number of hydrogen-bond acceptors (Lipinski definition) is 5. The second-order valence-corrected chi connectivity index (χ2v) is 8.62. The molecule has 2 amide bonds. The minimum absolute atomic E-state index is 0.00796. The number of amides is 2. The topological polar surface area (TPSA) is 77.1 Å². The van der Waals surface area contributed by atoms with Crippen molar-refractivity contribution in [2.24, 2.45) is 5.92 Å². The van der Waals surface area contributed by atoms with E-state index < -0.39 is 23.6 Å². The summed E-state index contributed by atoms with van der Waals surface area (Å²) in [5, 5.41) is 2.57. The Labute approximate surface area is 181 Å². The molecular weight excluding hydrogens is 415 g/mol. The lowest BCUT2D eigenvalue weighted by Gasteiger charge is -2.37. The van der Waals surface area contributed by atoms with Gasteiger partial charge in [-0.2, -0.15) is 0 Å². The fourth-order valence-corrected chi connectivity index (χ4v) is 3.54. The lowest BCUT2D eigenvalue weighted by atomic mass is 9.88. The van der Waals surface area contributed by atoms with Crippen molar-refractivity contribution in [3.63, 3.8) is 0 Å². The van der Waals surface area contributed by atoms with Crippen LogP contribution in [0.1, 0.15) is 45.3 Å². The first-order valence-corrected chi connectivity index (χ1v) is 10.3. The molecule has 1 fully saturated rings. The summed E-state index contributed by atoms with van der Waals surface area (Å²) >= 11 is 5.98. The molecule has 0 radical (unpaired) electrons. The van der Waals surface area contributed by atoms with E-state index >= 15 is 0 Å². The Kier molecular flexibility index (Phi) is 8.73. The molecule has 0 aromatic heterocycles. The highest BCUT2D eigenvalue weighted by Crippen LogP contribution is 2.34. The van der Waals surface area contributed by atoms with Crippen molar-refractivity contribution >= 4 is 23.8 Å². The summed E-state index contributed by atoms with van der Waals surface area (Å²) in [6, 6.07) is 4.48. The Balaban J connectivity index is 2.12. The molecule has 30 heavy (non-hydrogen) atoms. The minimum Gasteiger partial charge on any atom is -0.453 e. The predicted molar refractivity (Wildman–Crippen MR) is 111 cm³/mol. The zero-order valence-corrected chi connectivity index (χ0v) is 18.6. The molecule has 0 bridgehead atoms. The maximum absolute atomic E-state index is 13.7. The van der Waals surface area contributed by atoms with Crippen molar-refractivity contribution in [2.45, 2.75) is 45.3 Å². The van der Waals surface area contributed by atoms with Gasteiger partial charge in [0.15, 0.2) is 0 Å². The highest BCUT2D eigenvalue weighted by Gasteiger charge is 2.33. The summed E-state index contributed by atoms with van der Waals surface area (Å²) in [5.74, 6) is -0.545. The summed E-state index contributed by atoms with van der Waals surface area (Å²) in [7, 11) is 1.28. The van der Waals surface area contributed by atoms with Gasteiger partial charge in [0.25, 0.3) is 0 Å². The number of benzene rings is 1. The number of methoxy groups -OCH3 is 1. The third-order valence-electron chi connectivity index (χ3n) is 4.66. The molecule has 1 heterocycles. The summed E-state index contributed by atoms with van der Waals surface area (Å²) in [6.07, 6.45) is 0.277. The molecule has 2 atom stereocenters. The zero-order valence-electron chi connectivity index (χ0n) is 17.9. The monoisotopic (exact) mass is 444 g/mol. The third kappa shape index (κ3) is 7.32. The first kappa shape index (κ1) is 24.2. The first-order chi connectivity index (χ1) is 14.1. The summed E-state index contributed by atoms with van der Waals surface area (Å²) < 4.78 is 29.8. The van der Waals surface area contributed by atoms with Gasteiger partial charge in [-0.1, -0.05) is 17.7 Å². The zero-order chi connectivity index (χ0) is 22.3. The molecule has 0 saturated carbocycles. The SMILES string of the molecule is COC(=O)NCCOC(c1ccc(F)c(Cl)c1)C1CCCN(C(=O)OC(C)(C)C)C1. The van der Waals surface area contributed by atoms with E-state index in [1.807, 2.05) is 20.8 Å². The smallest absolute Gasteiger partial charge is 0.410 e. The van der Waals surface area contributed by atoms with E-state index in [0.29, 0.717) is 13.1 Å². The van der Waals surface area contributed by atoms with E-state index in [1.165, 1.54) is 13.2 Å². The van der Waals surface area contributed by atoms with E-state index in [1.54, 1.807) is 17.0 Å². The van der Waals surface area contributed by atoms with Crippen LogP contribution in [0.2, 0.25) is 5.02 Å². The molecule has 2 unspecified atom stereocenters. The van der Waals surface area contributed by atoms with Gasteiger partial charge in [0.2, 0.25) is 0 Å². The van der Waals surface area contributed by atoms with Crippen LogP contribution in [0, 0.1) is 11.7 Å². The highest BCUT2D eigenvalue weighted by atomic mass is 35.5. The maximum Gasteiger partial charge on any atom is 0.410 e. The number of piperidine rings is 1. The fourth-order valence-electron chi connectivity index (χ4n) is 3.35. The predicted octanol–water partition coefficient (Wildman–Crippen LogP) is 4.54. The summed E-state index contributed by atoms with van der Waals surface area (Å²) in [6.45, 7) is 7.00. The number of halogens is 2. The Morgan fingerprint density at radius 2 is 2.10 bits per heavy atom. The van der Waals surface area contributed by atoms with Crippen LogP contribution in [-0.2, 0) is 14.2 Å². The Hall–Kier alpha value is -2.06. The van der Waals surface area contributed by atoms with Crippen LogP contribution >= 0.6 is 11.6 Å². The van der Waals surface area contributed by atoms with Gasteiger partial charge in [-0.05, 0) is 51.3 Å². The molecule has 1 aliphatic rings. The Morgan fingerprint density at radius 1 is 1.37 bits per heavy atom. The van der Waals surface area contributed by atoms with Gasteiger partial charge in [0, 0.05) is 25.6 Å². The molecule has 1 aromatic carbocycles. The minimum atomic E-state index is -0.579. The second kappa shape index (κ2) is 10.8.